The second kappa shape index (κ2) is 9.36. The van der Waals surface area contributed by atoms with E-state index in [2.05, 4.69) is 9.97 Å². The number of thiazole rings is 1. The van der Waals surface area contributed by atoms with Crippen molar-refractivity contribution < 1.29 is 34.1 Å². The number of fused-ring (bicyclic) bond motifs is 1. The van der Waals surface area contributed by atoms with Crippen molar-refractivity contribution in [2.75, 3.05) is 19.1 Å². The number of anilines is 1. The van der Waals surface area contributed by atoms with Crippen LogP contribution in [0.4, 0.5) is 5.13 Å². The number of hydrogen-bond acceptors (Lipinski definition) is 9. The standard InChI is InChI=1S/C26H19N3O7S/c1-35-14-7-9-18(36-2)15(12-14)22(30)20-21(17-5-3-4-10-27-17)29(24(32)23(20)31)26-28-16-8-6-13(25(33)34)11-19(16)37-26/h3-12,21,30H,1-2H3,(H,33,34)/b22-20+. The van der Waals surface area contributed by atoms with E-state index in [9.17, 15) is 24.6 Å². The molecule has 1 unspecified atom stereocenters. The third-order valence-corrected chi connectivity index (χ3v) is 6.92. The van der Waals surface area contributed by atoms with Crippen molar-refractivity contribution >= 4 is 50.1 Å². The van der Waals surface area contributed by atoms with E-state index in [1.165, 1.54) is 49.6 Å². The third-order valence-electron chi connectivity index (χ3n) is 5.90. The van der Waals surface area contributed by atoms with Crippen molar-refractivity contribution in [1.82, 2.24) is 9.97 Å². The molecule has 186 valence electrons. The maximum Gasteiger partial charge on any atom is 0.335 e. The molecule has 0 bridgehead atoms. The Balaban J connectivity index is 1.73. The van der Waals surface area contributed by atoms with Gasteiger partial charge in [0.15, 0.2) is 5.13 Å². The van der Waals surface area contributed by atoms with Crippen molar-refractivity contribution in [3.05, 3.63) is 83.2 Å². The average Bonchev–Trinajstić information content (AvgIpc) is 3.45. The molecule has 11 heteroatoms. The van der Waals surface area contributed by atoms with Crippen LogP contribution in [0.15, 0.2) is 66.4 Å². The van der Waals surface area contributed by atoms with Crippen LogP contribution in [0.2, 0.25) is 0 Å². The Kier molecular flexibility index (Phi) is 6.06. The fourth-order valence-corrected chi connectivity index (χ4v) is 5.17. The van der Waals surface area contributed by atoms with E-state index < -0.39 is 29.5 Å². The maximum atomic E-state index is 13.4. The van der Waals surface area contributed by atoms with Crippen LogP contribution >= 0.6 is 11.3 Å². The van der Waals surface area contributed by atoms with Crippen molar-refractivity contribution in [3.63, 3.8) is 0 Å². The molecule has 0 saturated carbocycles. The van der Waals surface area contributed by atoms with Crippen LogP contribution in [0.1, 0.15) is 27.7 Å². The van der Waals surface area contributed by atoms with Gasteiger partial charge in [-0.1, -0.05) is 17.4 Å². The van der Waals surface area contributed by atoms with Crippen LogP contribution in [0.3, 0.4) is 0 Å². The summed E-state index contributed by atoms with van der Waals surface area (Å²) in [6.07, 6.45) is 1.51. The highest BCUT2D eigenvalue weighted by Gasteiger charge is 2.49. The van der Waals surface area contributed by atoms with E-state index in [0.29, 0.717) is 21.7 Å². The lowest BCUT2D eigenvalue weighted by atomic mass is 9.98. The van der Waals surface area contributed by atoms with Gasteiger partial charge in [0.1, 0.15) is 23.3 Å². The number of aromatic nitrogens is 2. The number of ether oxygens (including phenoxy) is 2. The van der Waals surface area contributed by atoms with Gasteiger partial charge in [0.2, 0.25) is 0 Å². The Morgan fingerprint density at radius 2 is 1.84 bits per heavy atom. The first-order chi connectivity index (χ1) is 17.8. The van der Waals surface area contributed by atoms with E-state index in [1.807, 2.05) is 0 Å². The number of pyridine rings is 1. The minimum absolute atomic E-state index is 0.0659. The number of aromatic carboxylic acids is 1. The fourth-order valence-electron chi connectivity index (χ4n) is 4.14. The van der Waals surface area contributed by atoms with Crippen LogP contribution in [-0.4, -0.2) is 52.1 Å². The van der Waals surface area contributed by atoms with Gasteiger partial charge in [-0.2, -0.15) is 0 Å². The summed E-state index contributed by atoms with van der Waals surface area (Å²) in [5.41, 5.74) is 0.824. The van der Waals surface area contributed by atoms with Crippen molar-refractivity contribution in [2.45, 2.75) is 6.04 Å². The molecule has 10 nitrogen and oxygen atoms in total. The minimum atomic E-state index is -1.10. The molecule has 0 radical (unpaired) electrons. The largest absolute Gasteiger partial charge is 0.507 e. The minimum Gasteiger partial charge on any atom is -0.507 e. The third kappa shape index (κ3) is 4.04. The molecule has 1 saturated heterocycles. The highest BCUT2D eigenvalue weighted by atomic mass is 32.1. The lowest BCUT2D eigenvalue weighted by Crippen LogP contribution is -2.29. The summed E-state index contributed by atoms with van der Waals surface area (Å²) in [7, 11) is 2.88. The second-order valence-corrected chi connectivity index (χ2v) is 8.98. The highest BCUT2D eigenvalue weighted by molar-refractivity contribution is 7.22. The molecular formula is C26H19N3O7S. The van der Waals surface area contributed by atoms with Gasteiger partial charge in [0.25, 0.3) is 5.78 Å². The molecule has 1 amide bonds. The zero-order chi connectivity index (χ0) is 26.3. The average molecular weight is 518 g/mol. The highest BCUT2D eigenvalue weighted by Crippen LogP contribution is 2.45. The van der Waals surface area contributed by atoms with Gasteiger partial charge in [-0.3, -0.25) is 19.5 Å². The maximum absolute atomic E-state index is 13.4. The number of Topliss-reactive ketones (excluding diaryl/α,β-unsaturated/α-hetero) is 1. The predicted octanol–water partition coefficient (Wildman–Crippen LogP) is 4.03. The summed E-state index contributed by atoms with van der Waals surface area (Å²) in [6.45, 7) is 0. The molecule has 5 rings (SSSR count). The molecule has 3 heterocycles. The molecule has 2 N–H and O–H groups in total. The van der Waals surface area contributed by atoms with Gasteiger partial charge in [-0.25, -0.2) is 9.78 Å². The Morgan fingerprint density at radius 1 is 1.03 bits per heavy atom. The van der Waals surface area contributed by atoms with Gasteiger partial charge in [0, 0.05) is 6.20 Å². The Labute approximate surface area is 214 Å². The molecule has 37 heavy (non-hydrogen) atoms. The number of carboxylic acids is 1. The fraction of sp³-hybridized carbons (Fsp3) is 0.115. The van der Waals surface area contributed by atoms with E-state index in [4.69, 9.17) is 9.47 Å². The lowest BCUT2D eigenvalue weighted by Gasteiger charge is -2.22. The molecule has 0 spiro atoms. The first-order valence-electron chi connectivity index (χ1n) is 10.9. The number of ketones is 1. The normalized spacial score (nSPS) is 16.8. The number of hydrogen-bond donors (Lipinski definition) is 2. The predicted molar refractivity (Wildman–Crippen MR) is 135 cm³/mol. The van der Waals surface area contributed by atoms with Crippen molar-refractivity contribution in [2.24, 2.45) is 0 Å². The topological polar surface area (TPSA) is 139 Å². The summed E-state index contributed by atoms with van der Waals surface area (Å²) < 4.78 is 11.2. The van der Waals surface area contributed by atoms with Gasteiger partial charge in [-0.05, 0) is 48.5 Å². The van der Waals surface area contributed by atoms with Crippen LogP contribution in [0.5, 0.6) is 11.5 Å². The number of methoxy groups -OCH3 is 2. The van der Waals surface area contributed by atoms with Crippen LogP contribution in [0.25, 0.3) is 16.0 Å². The second-order valence-electron chi connectivity index (χ2n) is 7.97. The van der Waals surface area contributed by atoms with Gasteiger partial charge in [-0.15, -0.1) is 0 Å². The number of aliphatic hydroxyl groups is 1. The number of carbonyl (C=O) groups is 3. The SMILES string of the molecule is COc1ccc(OC)c(/C(O)=C2\C(=O)C(=O)N(c3nc4ccc(C(=O)O)cc4s3)C2c2ccccn2)c1. The Bertz CT molecular complexity index is 1600. The zero-order valence-corrected chi connectivity index (χ0v) is 20.4. The molecule has 1 fully saturated rings. The molecule has 4 aromatic rings. The first kappa shape index (κ1) is 23.9. The molecular weight excluding hydrogens is 498 g/mol. The van der Waals surface area contributed by atoms with E-state index in [-0.39, 0.29) is 27.6 Å². The van der Waals surface area contributed by atoms with Crippen molar-refractivity contribution in [1.29, 1.82) is 0 Å². The van der Waals surface area contributed by atoms with Crippen LogP contribution in [0, 0.1) is 0 Å². The van der Waals surface area contributed by atoms with Gasteiger partial charge < -0.3 is 19.7 Å². The summed E-state index contributed by atoms with van der Waals surface area (Å²) >= 11 is 1.06. The van der Waals surface area contributed by atoms with E-state index in [0.717, 1.165) is 11.3 Å². The molecule has 2 aromatic carbocycles. The molecule has 2 aromatic heterocycles. The van der Waals surface area contributed by atoms with Gasteiger partial charge >= 0.3 is 11.9 Å². The van der Waals surface area contributed by atoms with E-state index in [1.54, 1.807) is 30.3 Å². The van der Waals surface area contributed by atoms with Crippen LogP contribution in [-0.2, 0) is 9.59 Å². The molecule has 1 atom stereocenters. The lowest BCUT2D eigenvalue weighted by molar-refractivity contribution is -0.132. The molecule has 0 aliphatic carbocycles. The summed E-state index contributed by atoms with van der Waals surface area (Å²) in [4.78, 5) is 48.2. The van der Waals surface area contributed by atoms with E-state index >= 15 is 0 Å². The zero-order valence-electron chi connectivity index (χ0n) is 19.5. The Morgan fingerprint density at radius 3 is 2.51 bits per heavy atom. The number of nitrogens with zero attached hydrogens (tertiary/aromatic N) is 3. The number of rotatable bonds is 6. The summed E-state index contributed by atoms with van der Waals surface area (Å²) in [5, 5.41) is 20.9. The summed E-state index contributed by atoms with van der Waals surface area (Å²) in [5.74, 6) is -2.71. The monoisotopic (exact) mass is 517 g/mol. The molecule has 1 aliphatic heterocycles. The first-order valence-corrected chi connectivity index (χ1v) is 11.7. The summed E-state index contributed by atoms with van der Waals surface area (Å²) in [6, 6.07) is 13.0. The quantitative estimate of drug-likeness (QED) is 0.220. The number of amides is 1. The number of aliphatic hydroxyl groups excluding tert-OH is 1. The van der Waals surface area contributed by atoms with Gasteiger partial charge in [0.05, 0.1) is 46.8 Å². The Hall–Kier alpha value is -4.77. The smallest absolute Gasteiger partial charge is 0.335 e. The molecule has 1 aliphatic rings. The van der Waals surface area contributed by atoms with Crippen molar-refractivity contribution in [3.8, 4) is 11.5 Å². The number of carbonyl (C=O) groups excluding carboxylic acids is 2. The number of carboxylic acid groups (broad SMARTS) is 1. The van der Waals surface area contributed by atoms with Crippen LogP contribution < -0.4 is 14.4 Å². The number of benzene rings is 2.